The fourth-order valence-corrected chi connectivity index (χ4v) is 2.08. The van der Waals surface area contributed by atoms with Crippen LogP contribution in [0.5, 0.6) is 0 Å². The van der Waals surface area contributed by atoms with Gasteiger partial charge in [0.2, 0.25) is 0 Å². The van der Waals surface area contributed by atoms with E-state index >= 15 is 0 Å². The molecule has 0 bridgehead atoms. The SMILES string of the molecule is CCCCOCCNCCN1CCC(C)C1. The van der Waals surface area contributed by atoms with Crippen molar-refractivity contribution in [3.8, 4) is 0 Å². The highest BCUT2D eigenvalue weighted by atomic mass is 16.5. The molecule has 0 aromatic rings. The van der Waals surface area contributed by atoms with Crippen LogP contribution in [0.3, 0.4) is 0 Å². The number of hydrogen-bond acceptors (Lipinski definition) is 3. The van der Waals surface area contributed by atoms with Crippen LogP contribution in [-0.2, 0) is 4.74 Å². The van der Waals surface area contributed by atoms with Crippen molar-refractivity contribution in [2.75, 3.05) is 45.9 Å². The third kappa shape index (κ3) is 6.46. The summed E-state index contributed by atoms with van der Waals surface area (Å²) in [5.74, 6) is 0.900. The molecule has 16 heavy (non-hydrogen) atoms. The highest BCUT2D eigenvalue weighted by molar-refractivity contribution is 4.72. The van der Waals surface area contributed by atoms with Gasteiger partial charge in [-0.05, 0) is 25.3 Å². The Labute approximate surface area is 101 Å². The van der Waals surface area contributed by atoms with E-state index in [4.69, 9.17) is 4.74 Å². The van der Waals surface area contributed by atoms with E-state index < -0.39 is 0 Å². The zero-order valence-electron chi connectivity index (χ0n) is 11.0. The minimum Gasteiger partial charge on any atom is -0.380 e. The van der Waals surface area contributed by atoms with Gasteiger partial charge in [-0.25, -0.2) is 0 Å². The average Bonchev–Trinajstić information content (AvgIpc) is 2.68. The highest BCUT2D eigenvalue weighted by Gasteiger charge is 2.17. The first-order valence-electron chi connectivity index (χ1n) is 6.83. The van der Waals surface area contributed by atoms with E-state index in [2.05, 4.69) is 24.1 Å². The molecule has 0 radical (unpaired) electrons. The Morgan fingerprint density at radius 3 is 2.88 bits per heavy atom. The van der Waals surface area contributed by atoms with Crippen LogP contribution in [-0.4, -0.2) is 50.8 Å². The highest BCUT2D eigenvalue weighted by Crippen LogP contribution is 2.13. The maximum atomic E-state index is 5.49. The normalized spacial score (nSPS) is 21.8. The summed E-state index contributed by atoms with van der Waals surface area (Å²) in [6, 6.07) is 0. The summed E-state index contributed by atoms with van der Waals surface area (Å²) in [5.41, 5.74) is 0. The lowest BCUT2D eigenvalue weighted by molar-refractivity contribution is 0.132. The van der Waals surface area contributed by atoms with Gasteiger partial charge in [0.1, 0.15) is 0 Å². The second kappa shape index (κ2) is 8.97. The van der Waals surface area contributed by atoms with Crippen LogP contribution in [0.1, 0.15) is 33.1 Å². The van der Waals surface area contributed by atoms with Crippen molar-refractivity contribution in [3.05, 3.63) is 0 Å². The topological polar surface area (TPSA) is 24.5 Å². The molecule has 1 aliphatic rings. The van der Waals surface area contributed by atoms with Crippen molar-refractivity contribution < 1.29 is 4.74 Å². The smallest absolute Gasteiger partial charge is 0.0590 e. The summed E-state index contributed by atoms with van der Waals surface area (Å²) in [6.45, 7) is 12.2. The maximum Gasteiger partial charge on any atom is 0.0590 e. The number of nitrogens with zero attached hydrogens (tertiary/aromatic N) is 1. The van der Waals surface area contributed by atoms with E-state index in [1.54, 1.807) is 0 Å². The monoisotopic (exact) mass is 228 g/mol. The molecule has 3 heteroatoms. The lowest BCUT2D eigenvalue weighted by Crippen LogP contribution is -2.32. The third-order valence-electron chi connectivity index (χ3n) is 3.18. The van der Waals surface area contributed by atoms with E-state index in [-0.39, 0.29) is 0 Å². The molecular weight excluding hydrogens is 200 g/mol. The summed E-state index contributed by atoms with van der Waals surface area (Å²) in [5, 5.41) is 3.44. The van der Waals surface area contributed by atoms with Crippen LogP contribution >= 0.6 is 0 Å². The molecule has 1 heterocycles. The fraction of sp³-hybridized carbons (Fsp3) is 1.00. The van der Waals surface area contributed by atoms with Crippen LogP contribution < -0.4 is 5.32 Å². The molecule has 1 saturated heterocycles. The Balaban J connectivity index is 1.78. The van der Waals surface area contributed by atoms with E-state index in [0.29, 0.717) is 0 Å². The van der Waals surface area contributed by atoms with Gasteiger partial charge < -0.3 is 15.0 Å². The molecule has 96 valence electrons. The van der Waals surface area contributed by atoms with Gasteiger partial charge in [0.15, 0.2) is 0 Å². The molecule has 0 aromatic carbocycles. The second-order valence-corrected chi connectivity index (χ2v) is 4.91. The maximum absolute atomic E-state index is 5.49. The zero-order chi connectivity index (χ0) is 11.6. The summed E-state index contributed by atoms with van der Waals surface area (Å²) in [4.78, 5) is 2.55. The number of unbranched alkanes of at least 4 members (excludes halogenated alkanes) is 1. The van der Waals surface area contributed by atoms with Crippen molar-refractivity contribution in [3.63, 3.8) is 0 Å². The zero-order valence-corrected chi connectivity index (χ0v) is 11.0. The Hall–Kier alpha value is -0.120. The van der Waals surface area contributed by atoms with Crippen LogP contribution in [0, 0.1) is 5.92 Å². The van der Waals surface area contributed by atoms with Gasteiger partial charge in [0.05, 0.1) is 6.61 Å². The van der Waals surface area contributed by atoms with Crippen molar-refractivity contribution in [1.29, 1.82) is 0 Å². The van der Waals surface area contributed by atoms with Gasteiger partial charge in [-0.15, -0.1) is 0 Å². The van der Waals surface area contributed by atoms with Gasteiger partial charge in [-0.2, -0.15) is 0 Å². The predicted octanol–water partition coefficient (Wildman–Crippen LogP) is 1.73. The van der Waals surface area contributed by atoms with Gasteiger partial charge in [-0.3, -0.25) is 0 Å². The van der Waals surface area contributed by atoms with E-state index in [1.807, 2.05) is 0 Å². The quantitative estimate of drug-likeness (QED) is 0.608. The van der Waals surface area contributed by atoms with Gasteiger partial charge >= 0.3 is 0 Å². The van der Waals surface area contributed by atoms with E-state index in [0.717, 1.165) is 32.2 Å². The lowest BCUT2D eigenvalue weighted by atomic mass is 10.2. The molecule has 0 spiro atoms. The Bertz CT molecular complexity index is 164. The van der Waals surface area contributed by atoms with Gasteiger partial charge in [0, 0.05) is 32.8 Å². The van der Waals surface area contributed by atoms with Crippen LogP contribution in [0.15, 0.2) is 0 Å². The Morgan fingerprint density at radius 2 is 2.19 bits per heavy atom. The fourth-order valence-electron chi connectivity index (χ4n) is 2.08. The molecule has 1 atom stereocenters. The van der Waals surface area contributed by atoms with Crippen molar-refractivity contribution >= 4 is 0 Å². The summed E-state index contributed by atoms with van der Waals surface area (Å²) < 4.78 is 5.49. The van der Waals surface area contributed by atoms with E-state index in [9.17, 15) is 0 Å². The number of hydrogen-bond donors (Lipinski definition) is 1. The van der Waals surface area contributed by atoms with Crippen LogP contribution in [0.4, 0.5) is 0 Å². The molecule has 1 aliphatic heterocycles. The van der Waals surface area contributed by atoms with Crippen LogP contribution in [0.25, 0.3) is 0 Å². The molecule has 0 amide bonds. The molecule has 3 nitrogen and oxygen atoms in total. The molecule has 0 aromatic heterocycles. The van der Waals surface area contributed by atoms with Crippen molar-refractivity contribution in [2.24, 2.45) is 5.92 Å². The first kappa shape index (κ1) is 13.9. The second-order valence-electron chi connectivity index (χ2n) is 4.91. The number of rotatable bonds is 9. The van der Waals surface area contributed by atoms with E-state index in [1.165, 1.54) is 38.9 Å². The van der Waals surface area contributed by atoms with Crippen molar-refractivity contribution in [2.45, 2.75) is 33.1 Å². The molecular formula is C13H28N2O. The first-order chi connectivity index (χ1) is 7.83. The largest absolute Gasteiger partial charge is 0.380 e. The summed E-state index contributed by atoms with van der Waals surface area (Å²) in [6.07, 6.45) is 3.78. The Morgan fingerprint density at radius 1 is 1.31 bits per heavy atom. The molecule has 0 saturated carbocycles. The minimum absolute atomic E-state index is 0.858. The lowest BCUT2D eigenvalue weighted by Gasteiger charge is -2.15. The molecule has 1 unspecified atom stereocenters. The standard InChI is InChI=1S/C13H28N2O/c1-3-4-10-16-11-7-14-6-9-15-8-5-13(2)12-15/h13-14H,3-12H2,1-2H3. The molecule has 0 aliphatic carbocycles. The number of nitrogens with one attached hydrogen (secondary N) is 1. The molecule has 1 fully saturated rings. The summed E-state index contributed by atoms with van der Waals surface area (Å²) in [7, 11) is 0. The molecule has 1 rings (SSSR count). The van der Waals surface area contributed by atoms with Crippen molar-refractivity contribution in [1.82, 2.24) is 10.2 Å². The van der Waals surface area contributed by atoms with Gasteiger partial charge in [0.25, 0.3) is 0 Å². The average molecular weight is 228 g/mol. The number of ether oxygens (including phenoxy) is 1. The third-order valence-corrected chi connectivity index (χ3v) is 3.18. The van der Waals surface area contributed by atoms with Gasteiger partial charge in [-0.1, -0.05) is 20.3 Å². The Kier molecular flexibility index (Phi) is 7.81. The minimum atomic E-state index is 0.858. The molecule has 1 N–H and O–H groups in total. The first-order valence-corrected chi connectivity index (χ1v) is 6.83. The van der Waals surface area contributed by atoms with Crippen LogP contribution in [0.2, 0.25) is 0 Å². The summed E-state index contributed by atoms with van der Waals surface area (Å²) >= 11 is 0. The predicted molar refractivity (Wildman–Crippen MR) is 68.8 cm³/mol. The number of likely N-dealkylation sites (tertiary alicyclic amines) is 1.